The maximum atomic E-state index is 9.66. The Morgan fingerprint density at radius 3 is 2.50 bits per heavy atom. The van der Waals surface area contributed by atoms with Gasteiger partial charge < -0.3 is 25.4 Å². The highest BCUT2D eigenvalue weighted by atomic mass is 16.6. The molecule has 1 heterocycles. The second-order valence-corrected chi connectivity index (χ2v) is 3.32. The van der Waals surface area contributed by atoms with Gasteiger partial charge in [-0.25, -0.2) is 0 Å². The zero-order valence-electron chi connectivity index (χ0n) is 7.19. The Hall–Kier alpha value is -0.200. The van der Waals surface area contributed by atoms with Gasteiger partial charge in [0, 0.05) is 0 Å². The van der Waals surface area contributed by atoms with Crippen LogP contribution in [0.15, 0.2) is 0 Å². The van der Waals surface area contributed by atoms with Crippen molar-refractivity contribution in [3.8, 4) is 0 Å². The summed E-state index contributed by atoms with van der Waals surface area (Å²) in [5.74, 6) is 0. The third-order valence-electron chi connectivity index (χ3n) is 2.16. The molecule has 4 N–H and O–H groups in total. The number of nitrogens with one attached hydrogen (secondary N) is 1. The van der Waals surface area contributed by atoms with Gasteiger partial charge in [-0.3, -0.25) is 0 Å². The minimum Gasteiger partial charge on any atom is -0.386 e. The topological polar surface area (TPSA) is 82.0 Å². The smallest absolute Gasteiger partial charge is 0.182 e. The van der Waals surface area contributed by atoms with E-state index in [9.17, 15) is 10.2 Å². The minimum atomic E-state index is -1.22. The van der Waals surface area contributed by atoms with Gasteiger partial charge in [-0.15, -0.1) is 0 Å². The van der Waals surface area contributed by atoms with Gasteiger partial charge in [0.15, 0.2) is 6.29 Å². The van der Waals surface area contributed by atoms with Crippen molar-refractivity contribution in [1.82, 2.24) is 5.32 Å². The van der Waals surface area contributed by atoms with Crippen LogP contribution in [0.25, 0.3) is 0 Å². The van der Waals surface area contributed by atoms with Gasteiger partial charge >= 0.3 is 0 Å². The Morgan fingerprint density at radius 1 is 1.50 bits per heavy atom. The second-order valence-electron chi connectivity index (χ2n) is 3.32. The minimum absolute atomic E-state index is 0.0106. The molecular weight excluding hydrogens is 162 g/mol. The summed E-state index contributed by atoms with van der Waals surface area (Å²) in [6, 6.07) is -0.568. The van der Waals surface area contributed by atoms with Crippen LogP contribution in [0.4, 0.5) is 0 Å². The Labute approximate surface area is 71.0 Å². The lowest BCUT2D eigenvalue weighted by Crippen LogP contribution is -2.64. The molecule has 0 aromatic carbocycles. The summed E-state index contributed by atoms with van der Waals surface area (Å²) in [6.45, 7) is 1.56. The number of ether oxygens (including phenoxy) is 1. The lowest BCUT2D eigenvalue weighted by Gasteiger charge is -2.42. The van der Waals surface area contributed by atoms with Crippen LogP contribution in [0, 0.1) is 0 Å². The molecule has 0 amide bonds. The van der Waals surface area contributed by atoms with Gasteiger partial charge in [0.1, 0.15) is 11.7 Å². The Bertz CT molecular complexity index is 161. The zero-order valence-corrected chi connectivity index (χ0v) is 7.19. The van der Waals surface area contributed by atoms with Crippen LogP contribution in [0.3, 0.4) is 0 Å². The van der Waals surface area contributed by atoms with Crippen LogP contribution in [-0.2, 0) is 4.74 Å². The van der Waals surface area contributed by atoms with Crippen LogP contribution in [0.1, 0.15) is 6.92 Å². The molecule has 0 spiro atoms. The third kappa shape index (κ3) is 1.60. The molecular formula is C7H15NO4. The van der Waals surface area contributed by atoms with Crippen molar-refractivity contribution >= 4 is 0 Å². The first kappa shape index (κ1) is 9.88. The van der Waals surface area contributed by atoms with Gasteiger partial charge in [0.05, 0.1) is 12.6 Å². The standard InChI is InChI=1S/C7H15NO4/c1-7(11)3-12-6(10)4(9)5(7)8-2/h4-6,8-11H,3H2,1-2H3/t4-,5-,6?,7+/m1/s1. The van der Waals surface area contributed by atoms with Crippen LogP contribution in [0.2, 0.25) is 0 Å². The molecule has 1 unspecified atom stereocenters. The van der Waals surface area contributed by atoms with Crippen LogP contribution in [-0.4, -0.2) is 53.0 Å². The predicted molar refractivity (Wildman–Crippen MR) is 41.4 cm³/mol. The van der Waals surface area contributed by atoms with Crippen molar-refractivity contribution in [2.24, 2.45) is 0 Å². The van der Waals surface area contributed by atoms with Gasteiger partial charge in [0.2, 0.25) is 0 Å². The highest BCUT2D eigenvalue weighted by Gasteiger charge is 2.44. The van der Waals surface area contributed by atoms with Gasteiger partial charge in [-0.1, -0.05) is 0 Å². The SMILES string of the molecule is CN[C@@H]1[C@@H](O)C(O)OC[C@]1(C)O. The molecule has 1 aliphatic heterocycles. The maximum absolute atomic E-state index is 9.66. The van der Waals surface area contributed by atoms with Crippen LogP contribution in [0.5, 0.6) is 0 Å². The summed E-state index contributed by atoms with van der Waals surface area (Å²) in [7, 11) is 1.61. The van der Waals surface area contributed by atoms with Crippen molar-refractivity contribution in [2.75, 3.05) is 13.7 Å². The Kier molecular flexibility index (Phi) is 2.70. The van der Waals surface area contributed by atoms with E-state index >= 15 is 0 Å². The molecule has 5 nitrogen and oxygen atoms in total. The van der Waals surface area contributed by atoms with Crippen LogP contribution >= 0.6 is 0 Å². The summed E-state index contributed by atoms with van der Waals surface area (Å²) in [6.07, 6.45) is -2.32. The Morgan fingerprint density at radius 2 is 2.08 bits per heavy atom. The normalized spacial score (nSPS) is 49.2. The summed E-state index contributed by atoms with van der Waals surface area (Å²) >= 11 is 0. The summed E-state index contributed by atoms with van der Waals surface area (Å²) in [4.78, 5) is 0. The molecule has 0 bridgehead atoms. The first-order chi connectivity index (χ1) is 5.49. The molecule has 0 aromatic rings. The lowest BCUT2D eigenvalue weighted by molar-refractivity contribution is -0.248. The van der Waals surface area contributed by atoms with Gasteiger partial charge in [0.25, 0.3) is 0 Å². The molecule has 0 aromatic heterocycles. The van der Waals surface area contributed by atoms with E-state index in [0.717, 1.165) is 0 Å². The van der Waals surface area contributed by atoms with E-state index in [1.54, 1.807) is 14.0 Å². The van der Waals surface area contributed by atoms with Crippen molar-refractivity contribution in [3.05, 3.63) is 0 Å². The molecule has 1 aliphatic rings. The molecule has 0 saturated carbocycles. The largest absolute Gasteiger partial charge is 0.386 e. The molecule has 72 valence electrons. The molecule has 0 aliphatic carbocycles. The summed E-state index contributed by atoms with van der Waals surface area (Å²) in [5.41, 5.74) is -1.15. The van der Waals surface area contributed by atoms with Crippen molar-refractivity contribution < 1.29 is 20.1 Å². The van der Waals surface area contributed by atoms with E-state index in [1.165, 1.54) is 0 Å². The van der Waals surface area contributed by atoms with E-state index in [0.29, 0.717) is 0 Å². The predicted octanol–water partition coefficient (Wildman–Crippen LogP) is -1.97. The number of hydrogen-bond donors (Lipinski definition) is 4. The molecule has 1 saturated heterocycles. The van der Waals surface area contributed by atoms with Crippen molar-refractivity contribution in [1.29, 1.82) is 0 Å². The summed E-state index contributed by atoms with van der Waals surface area (Å²) < 4.78 is 4.75. The summed E-state index contributed by atoms with van der Waals surface area (Å²) in [5, 5.41) is 30.9. The number of rotatable bonds is 1. The van der Waals surface area contributed by atoms with Gasteiger partial charge in [-0.05, 0) is 14.0 Å². The van der Waals surface area contributed by atoms with E-state index in [4.69, 9.17) is 9.84 Å². The fourth-order valence-corrected chi connectivity index (χ4v) is 1.46. The fourth-order valence-electron chi connectivity index (χ4n) is 1.46. The van der Waals surface area contributed by atoms with E-state index in [1.807, 2.05) is 0 Å². The van der Waals surface area contributed by atoms with Crippen LogP contribution < -0.4 is 5.32 Å². The first-order valence-corrected chi connectivity index (χ1v) is 3.86. The molecule has 1 rings (SSSR count). The molecule has 1 fully saturated rings. The number of aliphatic hydroxyl groups is 3. The number of likely N-dealkylation sites (N-methyl/N-ethyl adjacent to an activating group) is 1. The maximum Gasteiger partial charge on any atom is 0.182 e. The molecule has 5 heteroatoms. The Balaban J connectivity index is 2.72. The van der Waals surface area contributed by atoms with Crippen molar-refractivity contribution in [3.63, 3.8) is 0 Å². The first-order valence-electron chi connectivity index (χ1n) is 3.86. The average Bonchev–Trinajstić information content (AvgIpc) is 1.99. The highest BCUT2D eigenvalue weighted by molar-refractivity contribution is 4.96. The fraction of sp³-hybridized carbons (Fsp3) is 1.00. The van der Waals surface area contributed by atoms with E-state index in [2.05, 4.69) is 5.32 Å². The van der Waals surface area contributed by atoms with E-state index < -0.39 is 24.0 Å². The second kappa shape index (κ2) is 3.27. The highest BCUT2D eigenvalue weighted by Crippen LogP contribution is 2.22. The van der Waals surface area contributed by atoms with Gasteiger partial charge in [-0.2, -0.15) is 0 Å². The monoisotopic (exact) mass is 177 g/mol. The quantitative estimate of drug-likeness (QED) is 0.374. The average molecular weight is 177 g/mol. The molecule has 12 heavy (non-hydrogen) atoms. The molecule has 4 atom stereocenters. The third-order valence-corrected chi connectivity index (χ3v) is 2.16. The number of hydrogen-bond acceptors (Lipinski definition) is 5. The molecule has 0 radical (unpaired) electrons. The van der Waals surface area contributed by atoms with E-state index in [-0.39, 0.29) is 6.61 Å². The lowest BCUT2D eigenvalue weighted by atomic mass is 9.90. The number of aliphatic hydroxyl groups excluding tert-OH is 2. The zero-order chi connectivity index (χ0) is 9.35. The van der Waals surface area contributed by atoms with Crippen molar-refractivity contribution in [2.45, 2.75) is 31.0 Å².